The van der Waals surface area contributed by atoms with Crippen LogP contribution in [0.5, 0.6) is 0 Å². The molecule has 19 heavy (non-hydrogen) atoms. The largest absolute Gasteiger partial charge is 0.396 e. The molecule has 0 bridgehead atoms. The van der Waals surface area contributed by atoms with E-state index in [0.29, 0.717) is 25.9 Å². The van der Waals surface area contributed by atoms with E-state index in [1.165, 1.54) is 15.7 Å². The first kappa shape index (κ1) is 16.1. The van der Waals surface area contributed by atoms with Crippen molar-refractivity contribution in [2.45, 2.75) is 12.8 Å². The number of aliphatic hydroxyl groups excluding tert-OH is 1. The lowest BCUT2D eigenvalue weighted by atomic mass is 10.2. The first-order valence-corrected chi connectivity index (χ1v) is 7.70. The molecule has 0 atom stereocenters. The van der Waals surface area contributed by atoms with Gasteiger partial charge >= 0.3 is 0 Å². The number of benzene rings is 1. The average molecular weight is 286 g/mol. The average Bonchev–Trinajstić information content (AvgIpc) is 2.42. The summed E-state index contributed by atoms with van der Waals surface area (Å²) in [5.41, 5.74) is 1.11. The molecule has 1 aromatic rings. The highest BCUT2D eigenvalue weighted by Gasteiger charge is 2.22. The van der Waals surface area contributed by atoms with Crippen molar-refractivity contribution < 1.29 is 13.5 Å². The Kier molecular flexibility index (Phi) is 6.44. The number of rotatable bonds is 8. The summed E-state index contributed by atoms with van der Waals surface area (Å²) in [7, 11) is -0.317. The van der Waals surface area contributed by atoms with Crippen LogP contribution in [0.1, 0.15) is 12.0 Å². The Hall–Kier alpha value is -0.950. The quantitative estimate of drug-likeness (QED) is 0.766. The van der Waals surface area contributed by atoms with Gasteiger partial charge < -0.3 is 5.11 Å². The van der Waals surface area contributed by atoms with Gasteiger partial charge in [0.2, 0.25) is 0 Å². The highest BCUT2D eigenvalue weighted by molar-refractivity contribution is 7.86. The number of hydrogen-bond donors (Lipinski definition) is 1. The number of aliphatic hydroxyl groups is 1. The van der Waals surface area contributed by atoms with Gasteiger partial charge in [0.05, 0.1) is 0 Å². The van der Waals surface area contributed by atoms with E-state index in [0.717, 1.165) is 5.56 Å². The van der Waals surface area contributed by atoms with Gasteiger partial charge in [-0.1, -0.05) is 30.3 Å². The summed E-state index contributed by atoms with van der Waals surface area (Å²) in [5, 5.41) is 8.74. The molecule has 1 N–H and O–H groups in total. The van der Waals surface area contributed by atoms with Crippen LogP contribution in [-0.4, -0.2) is 55.9 Å². The second kappa shape index (κ2) is 7.59. The third-order valence-corrected chi connectivity index (χ3v) is 4.92. The van der Waals surface area contributed by atoms with E-state index in [-0.39, 0.29) is 6.61 Å². The van der Waals surface area contributed by atoms with Gasteiger partial charge in [-0.2, -0.15) is 17.0 Å². The molecule has 0 aliphatic heterocycles. The third kappa shape index (κ3) is 4.91. The summed E-state index contributed by atoms with van der Waals surface area (Å²) in [6, 6.07) is 9.78. The van der Waals surface area contributed by atoms with Gasteiger partial charge in [0.1, 0.15) is 0 Å². The molecule has 0 spiro atoms. The highest BCUT2D eigenvalue weighted by Crippen LogP contribution is 2.07. The van der Waals surface area contributed by atoms with Gasteiger partial charge in [-0.15, -0.1) is 0 Å². The first-order valence-electron chi connectivity index (χ1n) is 6.31. The minimum Gasteiger partial charge on any atom is -0.396 e. The first-order chi connectivity index (χ1) is 8.98. The molecular weight excluding hydrogens is 264 g/mol. The second-order valence-corrected chi connectivity index (χ2v) is 6.61. The number of nitrogens with zero attached hydrogens (tertiary/aromatic N) is 2. The lowest BCUT2D eigenvalue weighted by Gasteiger charge is -2.24. The standard InChI is InChI=1S/C13H22N2O3S/c1-14(10-6-12-16)19(17,18)15(2)11-9-13-7-4-3-5-8-13/h3-5,7-8,16H,6,9-12H2,1-2H3. The molecule has 0 aliphatic carbocycles. The summed E-state index contributed by atoms with van der Waals surface area (Å²) in [5.74, 6) is 0. The Bertz CT molecular complexity index is 462. The van der Waals surface area contributed by atoms with Crippen LogP contribution in [0.4, 0.5) is 0 Å². The Labute approximate surface area is 115 Å². The Morgan fingerprint density at radius 2 is 1.63 bits per heavy atom. The van der Waals surface area contributed by atoms with E-state index >= 15 is 0 Å². The molecule has 5 nitrogen and oxygen atoms in total. The fraction of sp³-hybridized carbons (Fsp3) is 0.538. The van der Waals surface area contributed by atoms with Gasteiger partial charge in [0.15, 0.2) is 0 Å². The summed E-state index contributed by atoms with van der Waals surface area (Å²) in [6.45, 7) is 0.762. The summed E-state index contributed by atoms with van der Waals surface area (Å²) in [4.78, 5) is 0. The number of hydrogen-bond acceptors (Lipinski definition) is 3. The van der Waals surface area contributed by atoms with Crippen molar-refractivity contribution in [3.63, 3.8) is 0 Å². The van der Waals surface area contributed by atoms with Crippen LogP contribution in [0, 0.1) is 0 Å². The van der Waals surface area contributed by atoms with Crippen molar-refractivity contribution in [2.75, 3.05) is 33.8 Å². The summed E-state index contributed by atoms with van der Waals surface area (Å²) >= 11 is 0. The predicted octanol–water partition coefficient (Wildman–Crippen LogP) is 0.720. The summed E-state index contributed by atoms with van der Waals surface area (Å²) < 4.78 is 26.9. The Balaban J connectivity index is 2.54. The van der Waals surface area contributed by atoms with Crippen LogP contribution in [0.15, 0.2) is 30.3 Å². The van der Waals surface area contributed by atoms with Gasteiger partial charge in [-0.3, -0.25) is 0 Å². The molecule has 0 aliphatic rings. The van der Waals surface area contributed by atoms with Gasteiger partial charge in [0.25, 0.3) is 10.2 Å². The Morgan fingerprint density at radius 1 is 1.05 bits per heavy atom. The zero-order valence-corrected chi connectivity index (χ0v) is 12.3. The maximum atomic E-state index is 12.1. The molecule has 0 fully saturated rings. The van der Waals surface area contributed by atoms with E-state index in [9.17, 15) is 8.42 Å². The van der Waals surface area contributed by atoms with Gasteiger partial charge in [-0.05, 0) is 18.4 Å². The zero-order chi connectivity index (χ0) is 14.3. The van der Waals surface area contributed by atoms with E-state index in [1.54, 1.807) is 7.05 Å². The zero-order valence-electron chi connectivity index (χ0n) is 11.5. The van der Waals surface area contributed by atoms with Crippen LogP contribution in [-0.2, 0) is 16.6 Å². The maximum Gasteiger partial charge on any atom is 0.281 e. The minimum absolute atomic E-state index is 0.00636. The molecule has 6 heteroatoms. The fourth-order valence-corrected chi connectivity index (χ4v) is 2.85. The molecule has 0 radical (unpaired) electrons. The third-order valence-electron chi connectivity index (χ3n) is 2.98. The molecule has 0 aromatic heterocycles. The van der Waals surface area contributed by atoms with Crippen molar-refractivity contribution in [2.24, 2.45) is 0 Å². The van der Waals surface area contributed by atoms with Gasteiger partial charge in [0, 0.05) is 33.8 Å². The molecule has 108 valence electrons. The molecule has 0 saturated carbocycles. The molecule has 0 heterocycles. The van der Waals surface area contributed by atoms with Crippen molar-refractivity contribution in [1.29, 1.82) is 0 Å². The lowest BCUT2D eigenvalue weighted by Crippen LogP contribution is -2.41. The molecule has 0 unspecified atom stereocenters. The molecule has 0 saturated heterocycles. The van der Waals surface area contributed by atoms with Crippen LogP contribution in [0.25, 0.3) is 0 Å². The van der Waals surface area contributed by atoms with E-state index in [2.05, 4.69) is 0 Å². The van der Waals surface area contributed by atoms with E-state index in [1.807, 2.05) is 30.3 Å². The lowest BCUT2D eigenvalue weighted by molar-refractivity contribution is 0.272. The van der Waals surface area contributed by atoms with Gasteiger partial charge in [-0.25, -0.2) is 0 Å². The fourth-order valence-electron chi connectivity index (χ4n) is 1.69. The second-order valence-electron chi connectivity index (χ2n) is 4.46. The normalized spacial score (nSPS) is 12.3. The maximum absolute atomic E-state index is 12.1. The SMILES string of the molecule is CN(CCCO)S(=O)(=O)N(C)CCc1ccccc1. The van der Waals surface area contributed by atoms with Crippen molar-refractivity contribution >= 4 is 10.2 Å². The minimum atomic E-state index is -3.43. The highest BCUT2D eigenvalue weighted by atomic mass is 32.2. The van der Waals surface area contributed by atoms with E-state index < -0.39 is 10.2 Å². The van der Waals surface area contributed by atoms with Crippen molar-refractivity contribution in [3.8, 4) is 0 Å². The Morgan fingerprint density at radius 3 is 2.21 bits per heavy atom. The van der Waals surface area contributed by atoms with Crippen molar-refractivity contribution in [3.05, 3.63) is 35.9 Å². The van der Waals surface area contributed by atoms with Crippen LogP contribution in [0.2, 0.25) is 0 Å². The molecular formula is C13H22N2O3S. The van der Waals surface area contributed by atoms with E-state index in [4.69, 9.17) is 5.11 Å². The topological polar surface area (TPSA) is 60.9 Å². The molecule has 0 amide bonds. The molecule has 1 rings (SSSR count). The van der Waals surface area contributed by atoms with Crippen molar-refractivity contribution in [1.82, 2.24) is 8.61 Å². The summed E-state index contributed by atoms with van der Waals surface area (Å²) in [6.07, 6.45) is 1.13. The number of likely N-dealkylation sites (N-methyl/N-ethyl adjacent to an activating group) is 1. The smallest absolute Gasteiger partial charge is 0.281 e. The molecule has 1 aromatic carbocycles. The predicted molar refractivity (Wildman–Crippen MR) is 76.0 cm³/mol. The van der Waals surface area contributed by atoms with Crippen LogP contribution in [0.3, 0.4) is 0 Å². The van der Waals surface area contributed by atoms with Crippen LogP contribution < -0.4 is 0 Å². The van der Waals surface area contributed by atoms with Crippen LogP contribution >= 0.6 is 0 Å². The monoisotopic (exact) mass is 286 g/mol.